The van der Waals surface area contributed by atoms with Gasteiger partial charge in [-0.15, -0.1) is 0 Å². The Bertz CT molecular complexity index is 255. The van der Waals surface area contributed by atoms with E-state index in [1.54, 1.807) is 7.11 Å². The van der Waals surface area contributed by atoms with Crippen LogP contribution in [-0.2, 0) is 9.53 Å². The van der Waals surface area contributed by atoms with Crippen LogP contribution in [0, 0.1) is 11.3 Å². The highest BCUT2D eigenvalue weighted by atomic mass is 16.5. The lowest BCUT2D eigenvalue weighted by molar-refractivity contribution is -0.120. The van der Waals surface area contributed by atoms with Crippen LogP contribution in [0.1, 0.15) is 46.5 Å². The Hall–Kier alpha value is -0.410. The molecule has 1 aliphatic rings. The van der Waals surface area contributed by atoms with E-state index in [9.17, 15) is 4.79 Å². The summed E-state index contributed by atoms with van der Waals surface area (Å²) in [6.45, 7) is 9.20. The molecule has 0 aromatic carbocycles. The lowest BCUT2D eigenvalue weighted by Crippen LogP contribution is -2.45. The number of hydrogen-bond donors (Lipinski definition) is 0. The van der Waals surface area contributed by atoms with Gasteiger partial charge in [0.05, 0.1) is 6.61 Å². The number of methoxy groups -OCH3 is 1. The van der Waals surface area contributed by atoms with Crippen molar-refractivity contribution >= 4 is 6.29 Å². The molecule has 0 heterocycles. The summed E-state index contributed by atoms with van der Waals surface area (Å²) in [6, 6.07) is 0.467. The van der Waals surface area contributed by atoms with Crippen molar-refractivity contribution in [2.75, 3.05) is 26.8 Å². The molecule has 0 aromatic rings. The van der Waals surface area contributed by atoms with Crippen LogP contribution in [0.2, 0.25) is 0 Å². The highest BCUT2D eigenvalue weighted by Crippen LogP contribution is 2.38. The van der Waals surface area contributed by atoms with Crippen LogP contribution in [-0.4, -0.2) is 44.0 Å². The van der Waals surface area contributed by atoms with Crippen molar-refractivity contribution in [1.82, 2.24) is 4.90 Å². The number of carbonyl (C=O) groups excluding carboxylic acids is 1. The topological polar surface area (TPSA) is 29.5 Å². The zero-order valence-corrected chi connectivity index (χ0v) is 12.4. The van der Waals surface area contributed by atoms with Crippen LogP contribution in [0.4, 0.5) is 0 Å². The van der Waals surface area contributed by atoms with Gasteiger partial charge in [0.2, 0.25) is 0 Å². The van der Waals surface area contributed by atoms with E-state index < -0.39 is 0 Å². The number of hydrogen-bond acceptors (Lipinski definition) is 3. The van der Waals surface area contributed by atoms with E-state index in [-0.39, 0.29) is 5.41 Å². The Morgan fingerprint density at radius 3 is 2.72 bits per heavy atom. The van der Waals surface area contributed by atoms with Crippen molar-refractivity contribution in [2.24, 2.45) is 11.3 Å². The molecule has 1 fully saturated rings. The second-order valence-electron chi connectivity index (χ2n) is 6.24. The first-order chi connectivity index (χ1) is 8.53. The molecule has 0 N–H and O–H groups in total. The van der Waals surface area contributed by atoms with Crippen molar-refractivity contribution in [2.45, 2.75) is 52.5 Å². The molecule has 106 valence electrons. The van der Waals surface area contributed by atoms with E-state index >= 15 is 0 Å². The first-order valence-electron chi connectivity index (χ1n) is 7.22. The van der Waals surface area contributed by atoms with E-state index in [2.05, 4.69) is 25.7 Å². The summed E-state index contributed by atoms with van der Waals surface area (Å²) in [5.41, 5.74) is -0.115. The van der Waals surface area contributed by atoms with Crippen LogP contribution in [0.5, 0.6) is 0 Å². The van der Waals surface area contributed by atoms with Crippen molar-refractivity contribution in [3.63, 3.8) is 0 Å². The minimum atomic E-state index is -0.115. The van der Waals surface area contributed by atoms with E-state index in [4.69, 9.17) is 4.74 Å². The molecule has 1 rings (SSSR count). The van der Waals surface area contributed by atoms with Crippen molar-refractivity contribution in [3.8, 4) is 0 Å². The minimum absolute atomic E-state index is 0.115. The third kappa shape index (κ3) is 4.36. The summed E-state index contributed by atoms with van der Waals surface area (Å²) in [4.78, 5) is 14.0. The lowest BCUT2D eigenvalue weighted by Gasteiger charge is -2.40. The van der Waals surface area contributed by atoms with E-state index in [0.717, 1.165) is 32.5 Å². The fourth-order valence-electron chi connectivity index (χ4n) is 3.12. The molecule has 1 saturated carbocycles. The summed E-state index contributed by atoms with van der Waals surface area (Å²) in [7, 11) is 1.73. The highest BCUT2D eigenvalue weighted by Gasteiger charge is 2.36. The molecule has 18 heavy (non-hydrogen) atoms. The maximum Gasteiger partial charge on any atom is 0.127 e. The van der Waals surface area contributed by atoms with Gasteiger partial charge in [0, 0.05) is 31.7 Å². The van der Waals surface area contributed by atoms with Gasteiger partial charge in [-0.1, -0.05) is 19.8 Å². The summed E-state index contributed by atoms with van der Waals surface area (Å²) >= 11 is 0. The normalized spacial score (nSPS) is 28.9. The molecule has 0 spiro atoms. The van der Waals surface area contributed by atoms with Gasteiger partial charge in [-0.3, -0.25) is 4.90 Å². The van der Waals surface area contributed by atoms with Gasteiger partial charge < -0.3 is 9.53 Å². The van der Waals surface area contributed by atoms with Crippen molar-refractivity contribution in [1.29, 1.82) is 0 Å². The molecular formula is C15H29NO2. The SMILES string of the molecule is COCCN(CC1(C=O)CCCC(C)C1)C(C)C. The highest BCUT2D eigenvalue weighted by molar-refractivity contribution is 5.60. The molecule has 3 heteroatoms. The molecule has 0 bridgehead atoms. The maximum absolute atomic E-state index is 11.6. The first-order valence-corrected chi connectivity index (χ1v) is 7.22. The third-order valence-electron chi connectivity index (χ3n) is 4.21. The van der Waals surface area contributed by atoms with E-state index in [1.165, 1.54) is 19.1 Å². The Balaban J connectivity index is 2.65. The van der Waals surface area contributed by atoms with Crippen LogP contribution >= 0.6 is 0 Å². The predicted molar refractivity (Wildman–Crippen MR) is 74.7 cm³/mol. The molecule has 0 radical (unpaired) electrons. The second kappa shape index (κ2) is 7.25. The molecule has 3 nitrogen and oxygen atoms in total. The van der Waals surface area contributed by atoms with Crippen molar-refractivity contribution < 1.29 is 9.53 Å². The Kier molecular flexibility index (Phi) is 6.30. The third-order valence-corrected chi connectivity index (χ3v) is 4.21. The molecule has 0 amide bonds. The van der Waals surface area contributed by atoms with Gasteiger partial charge in [0.1, 0.15) is 6.29 Å². The standard InChI is InChI=1S/C15H29NO2/c1-13(2)16(8-9-18-4)11-15(12-17)7-5-6-14(3)10-15/h12-14H,5-11H2,1-4H3. The average molecular weight is 255 g/mol. The number of nitrogens with zero attached hydrogens (tertiary/aromatic N) is 1. The number of aldehydes is 1. The zero-order chi connectivity index (χ0) is 13.6. The fraction of sp³-hybridized carbons (Fsp3) is 0.933. The Labute approximate surface area is 112 Å². The number of ether oxygens (including phenoxy) is 1. The summed E-state index contributed by atoms with van der Waals surface area (Å²) in [6.07, 6.45) is 5.79. The molecule has 1 aliphatic carbocycles. The molecule has 0 saturated heterocycles. The maximum atomic E-state index is 11.6. The Morgan fingerprint density at radius 1 is 1.50 bits per heavy atom. The van der Waals surface area contributed by atoms with Gasteiger partial charge in [0.15, 0.2) is 0 Å². The second-order valence-corrected chi connectivity index (χ2v) is 6.24. The van der Waals surface area contributed by atoms with Crippen molar-refractivity contribution in [3.05, 3.63) is 0 Å². The lowest BCUT2D eigenvalue weighted by atomic mass is 9.70. The average Bonchev–Trinajstić information content (AvgIpc) is 2.34. The minimum Gasteiger partial charge on any atom is -0.383 e. The smallest absolute Gasteiger partial charge is 0.127 e. The van der Waals surface area contributed by atoms with Crippen LogP contribution < -0.4 is 0 Å². The zero-order valence-electron chi connectivity index (χ0n) is 12.4. The first kappa shape index (κ1) is 15.6. The molecule has 0 aromatic heterocycles. The monoisotopic (exact) mass is 255 g/mol. The summed E-state index contributed by atoms with van der Waals surface area (Å²) < 4.78 is 5.17. The summed E-state index contributed by atoms with van der Waals surface area (Å²) in [5.74, 6) is 0.681. The largest absolute Gasteiger partial charge is 0.383 e. The van der Waals surface area contributed by atoms with Crippen LogP contribution in [0.25, 0.3) is 0 Å². The fourth-order valence-corrected chi connectivity index (χ4v) is 3.12. The quantitative estimate of drug-likeness (QED) is 0.655. The van der Waals surface area contributed by atoms with Gasteiger partial charge in [-0.2, -0.15) is 0 Å². The Morgan fingerprint density at radius 2 is 2.22 bits per heavy atom. The molecule has 2 unspecified atom stereocenters. The molecular weight excluding hydrogens is 226 g/mol. The van der Waals surface area contributed by atoms with Gasteiger partial charge in [-0.25, -0.2) is 0 Å². The number of rotatable bonds is 7. The van der Waals surface area contributed by atoms with Gasteiger partial charge in [0.25, 0.3) is 0 Å². The summed E-state index contributed by atoms with van der Waals surface area (Å²) in [5, 5.41) is 0. The molecule has 0 aliphatic heterocycles. The van der Waals surface area contributed by atoms with Crippen LogP contribution in [0.15, 0.2) is 0 Å². The molecule has 2 atom stereocenters. The number of carbonyl (C=O) groups is 1. The van der Waals surface area contributed by atoms with E-state index in [0.29, 0.717) is 12.0 Å². The van der Waals surface area contributed by atoms with Gasteiger partial charge in [-0.05, 0) is 32.6 Å². The predicted octanol–water partition coefficient (Wildman–Crippen LogP) is 2.74. The van der Waals surface area contributed by atoms with Crippen LogP contribution in [0.3, 0.4) is 0 Å². The van der Waals surface area contributed by atoms with E-state index in [1.807, 2.05) is 0 Å². The van der Waals surface area contributed by atoms with Gasteiger partial charge >= 0.3 is 0 Å².